The first kappa shape index (κ1) is 28.1. The molecule has 0 bridgehead atoms. The molecule has 10 heteroatoms. The predicted molar refractivity (Wildman–Crippen MR) is 148 cm³/mol. The highest BCUT2D eigenvalue weighted by Crippen LogP contribution is 2.24. The molecule has 0 saturated carbocycles. The molecule has 9 nitrogen and oxygen atoms in total. The molecule has 0 spiro atoms. The Hall–Kier alpha value is -3.95. The molecule has 1 fully saturated rings. The first-order valence-corrected chi connectivity index (χ1v) is 13.5. The van der Waals surface area contributed by atoms with Crippen LogP contribution in [0.3, 0.4) is 0 Å². The number of halogens is 1. The first-order chi connectivity index (χ1) is 18.7. The molecule has 2 aliphatic heterocycles. The molecular weight excluding hydrogens is 501 g/mol. The Morgan fingerprint density at radius 2 is 1.92 bits per heavy atom. The van der Waals surface area contributed by atoms with Crippen LogP contribution in [-0.2, 0) is 22.4 Å². The van der Waals surface area contributed by atoms with Gasteiger partial charge in [0.2, 0.25) is 5.91 Å². The van der Waals surface area contributed by atoms with Crippen molar-refractivity contribution in [3.05, 3.63) is 64.5 Å². The van der Waals surface area contributed by atoms with Crippen molar-refractivity contribution in [3.8, 4) is 0 Å². The van der Waals surface area contributed by atoms with E-state index in [1.807, 2.05) is 31.2 Å². The third-order valence-electron chi connectivity index (χ3n) is 7.37. The van der Waals surface area contributed by atoms with Crippen LogP contribution in [0.1, 0.15) is 53.2 Å². The number of aliphatic carboxylic acids is 1. The van der Waals surface area contributed by atoms with Crippen LogP contribution in [0.25, 0.3) is 0 Å². The SMILES string of the molecule is CCc1cc(F)cc(C)c1C(=O)NC(Cc1ccc(N2CCC(CNC3=NCCC(=O)N3)CC2)cc1)C(=O)O. The summed E-state index contributed by atoms with van der Waals surface area (Å²) in [7, 11) is 0. The van der Waals surface area contributed by atoms with Gasteiger partial charge in [-0.25, -0.2) is 9.18 Å². The summed E-state index contributed by atoms with van der Waals surface area (Å²) in [5.74, 6) is -1.00. The third-order valence-corrected chi connectivity index (χ3v) is 7.37. The van der Waals surface area contributed by atoms with E-state index < -0.39 is 23.7 Å². The quantitative estimate of drug-likeness (QED) is 0.390. The smallest absolute Gasteiger partial charge is 0.326 e. The van der Waals surface area contributed by atoms with Gasteiger partial charge < -0.3 is 20.6 Å². The van der Waals surface area contributed by atoms with Crippen molar-refractivity contribution in [2.75, 3.05) is 31.1 Å². The molecule has 2 aromatic carbocycles. The Morgan fingerprint density at radius 3 is 2.56 bits per heavy atom. The van der Waals surface area contributed by atoms with Gasteiger partial charge in [-0.15, -0.1) is 0 Å². The number of amides is 2. The second-order valence-corrected chi connectivity index (χ2v) is 10.2. The van der Waals surface area contributed by atoms with Gasteiger partial charge in [-0.2, -0.15) is 0 Å². The molecule has 2 aromatic rings. The summed E-state index contributed by atoms with van der Waals surface area (Å²) in [5, 5.41) is 18.4. The van der Waals surface area contributed by atoms with Crippen molar-refractivity contribution >= 4 is 29.4 Å². The van der Waals surface area contributed by atoms with Gasteiger partial charge in [0, 0.05) is 43.7 Å². The van der Waals surface area contributed by atoms with E-state index in [2.05, 4.69) is 25.8 Å². The minimum Gasteiger partial charge on any atom is -0.480 e. The topological polar surface area (TPSA) is 123 Å². The lowest BCUT2D eigenvalue weighted by Crippen LogP contribution is -2.46. The summed E-state index contributed by atoms with van der Waals surface area (Å²) in [6.45, 7) is 6.56. The number of rotatable bonds is 9. The Labute approximate surface area is 227 Å². The van der Waals surface area contributed by atoms with Crippen molar-refractivity contribution in [1.29, 1.82) is 0 Å². The lowest BCUT2D eigenvalue weighted by molar-refractivity contribution is -0.139. The molecule has 1 unspecified atom stereocenters. The van der Waals surface area contributed by atoms with Crippen molar-refractivity contribution in [1.82, 2.24) is 16.0 Å². The number of carbonyl (C=O) groups excluding carboxylic acids is 2. The zero-order valence-corrected chi connectivity index (χ0v) is 22.4. The lowest BCUT2D eigenvalue weighted by Gasteiger charge is -2.34. The number of hydrogen-bond donors (Lipinski definition) is 4. The van der Waals surface area contributed by atoms with Crippen LogP contribution in [0.4, 0.5) is 10.1 Å². The average Bonchev–Trinajstić information content (AvgIpc) is 2.91. The van der Waals surface area contributed by atoms with Gasteiger partial charge in [0.05, 0.1) is 6.54 Å². The lowest BCUT2D eigenvalue weighted by atomic mass is 9.96. The zero-order chi connectivity index (χ0) is 27.9. The van der Waals surface area contributed by atoms with E-state index >= 15 is 0 Å². The Bertz CT molecular complexity index is 1240. The number of nitrogens with zero attached hydrogens (tertiary/aromatic N) is 2. The monoisotopic (exact) mass is 537 g/mol. The number of carboxylic acid groups (broad SMARTS) is 1. The van der Waals surface area contributed by atoms with E-state index in [9.17, 15) is 23.9 Å². The van der Waals surface area contributed by atoms with E-state index in [4.69, 9.17) is 0 Å². The number of anilines is 1. The number of guanidine groups is 1. The van der Waals surface area contributed by atoms with Gasteiger partial charge in [-0.3, -0.25) is 19.9 Å². The molecule has 2 heterocycles. The Kier molecular flexibility index (Phi) is 9.16. The Balaban J connectivity index is 1.31. The number of aliphatic imine (C=N–C) groups is 1. The van der Waals surface area contributed by atoms with Crippen molar-refractivity contribution < 1.29 is 23.9 Å². The number of nitrogens with one attached hydrogen (secondary N) is 3. The third kappa shape index (κ3) is 7.34. The van der Waals surface area contributed by atoms with Gasteiger partial charge in [0.15, 0.2) is 5.96 Å². The van der Waals surface area contributed by atoms with Crippen LogP contribution >= 0.6 is 0 Å². The predicted octanol–water partition coefficient (Wildman–Crippen LogP) is 2.80. The number of carbonyl (C=O) groups is 3. The fourth-order valence-corrected chi connectivity index (χ4v) is 5.17. The van der Waals surface area contributed by atoms with Crippen LogP contribution < -0.4 is 20.9 Å². The molecule has 0 radical (unpaired) electrons. The number of carboxylic acids is 1. The van der Waals surface area contributed by atoms with Crippen molar-refractivity contribution in [2.24, 2.45) is 10.9 Å². The average molecular weight is 538 g/mol. The molecule has 2 aliphatic rings. The molecule has 4 rings (SSSR count). The van der Waals surface area contributed by atoms with Crippen LogP contribution in [0, 0.1) is 18.7 Å². The van der Waals surface area contributed by atoms with Gasteiger partial charge in [0.25, 0.3) is 5.91 Å². The maximum atomic E-state index is 13.8. The van der Waals surface area contributed by atoms with Crippen LogP contribution in [-0.4, -0.2) is 61.1 Å². The van der Waals surface area contributed by atoms with Gasteiger partial charge in [-0.1, -0.05) is 19.1 Å². The van der Waals surface area contributed by atoms with Gasteiger partial charge in [-0.05, 0) is 73.1 Å². The summed E-state index contributed by atoms with van der Waals surface area (Å²) in [5.41, 5.74) is 3.22. The van der Waals surface area contributed by atoms with E-state index in [0.717, 1.165) is 43.7 Å². The highest BCUT2D eigenvalue weighted by Gasteiger charge is 2.25. The van der Waals surface area contributed by atoms with Crippen LogP contribution in [0.2, 0.25) is 0 Å². The van der Waals surface area contributed by atoms with E-state index in [0.29, 0.717) is 48.0 Å². The first-order valence-electron chi connectivity index (χ1n) is 13.5. The normalized spacial score (nSPS) is 16.7. The summed E-state index contributed by atoms with van der Waals surface area (Å²) < 4.78 is 13.8. The maximum absolute atomic E-state index is 13.8. The summed E-state index contributed by atoms with van der Waals surface area (Å²) in [4.78, 5) is 43.0. The molecule has 2 amide bonds. The summed E-state index contributed by atoms with van der Waals surface area (Å²) in [6, 6.07) is 9.26. The van der Waals surface area contributed by atoms with E-state index in [1.54, 1.807) is 6.92 Å². The minimum atomic E-state index is -1.13. The molecule has 0 aliphatic carbocycles. The molecule has 0 aromatic heterocycles. The van der Waals surface area contributed by atoms with Crippen molar-refractivity contribution in [2.45, 2.75) is 52.0 Å². The molecular formula is C29H36FN5O4. The molecule has 4 N–H and O–H groups in total. The minimum absolute atomic E-state index is 0.00331. The second-order valence-electron chi connectivity index (χ2n) is 10.2. The standard InChI is InChI=1S/C29H36FN5O4/c1-3-21-16-22(30)14-18(2)26(21)27(37)33-24(28(38)39)15-19-4-6-23(7-5-19)35-12-9-20(10-13-35)17-32-29-31-11-8-25(36)34-29/h4-7,14,16,20,24H,3,8-13,15,17H2,1-2H3,(H,33,37)(H,38,39)(H2,31,32,34,36). The highest BCUT2D eigenvalue weighted by atomic mass is 19.1. The van der Waals surface area contributed by atoms with Gasteiger partial charge >= 0.3 is 5.97 Å². The summed E-state index contributed by atoms with van der Waals surface area (Å²) in [6.07, 6.45) is 3.04. The van der Waals surface area contributed by atoms with Crippen molar-refractivity contribution in [3.63, 3.8) is 0 Å². The van der Waals surface area contributed by atoms with E-state index in [1.165, 1.54) is 12.1 Å². The van der Waals surface area contributed by atoms with E-state index in [-0.39, 0.29) is 12.3 Å². The molecule has 1 saturated heterocycles. The zero-order valence-electron chi connectivity index (χ0n) is 22.4. The summed E-state index contributed by atoms with van der Waals surface area (Å²) >= 11 is 0. The fourth-order valence-electron chi connectivity index (χ4n) is 5.17. The van der Waals surface area contributed by atoms with Crippen LogP contribution in [0.15, 0.2) is 41.4 Å². The fraction of sp³-hybridized carbons (Fsp3) is 0.448. The molecule has 39 heavy (non-hydrogen) atoms. The number of hydrogen-bond acceptors (Lipinski definition) is 6. The number of benzene rings is 2. The second kappa shape index (κ2) is 12.7. The largest absolute Gasteiger partial charge is 0.480 e. The number of piperidine rings is 1. The molecule has 1 atom stereocenters. The Morgan fingerprint density at radius 1 is 1.21 bits per heavy atom. The van der Waals surface area contributed by atoms with Crippen LogP contribution in [0.5, 0.6) is 0 Å². The van der Waals surface area contributed by atoms with Gasteiger partial charge in [0.1, 0.15) is 11.9 Å². The molecule has 208 valence electrons. The maximum Gasteiger partial charge on any atom is 0.326 e. The number of aryl methyl sites for hydroxylation is 2. The highest BCUT2D eigenvalue weighted by molar-refractivity contribution is 5.99.